The van der Waals surface area contributed by atoms with Crippen molar-refractivity contribution >= 4 is 6.29 Å². The van der Waals surface area contributed by atoms with Gasteiger partial charge in [-0.05, 0) is 26.2 Å². The normalized spacial score (nSPS) is 40.7. The molecule has 0 amide bonds. The van der Waals surface area contributed by atoms with Gasteiger partial charge in [0.25, 0.3) is 0 Å². The summed E-state index contributed by atoms with van der Waals surface area (Å²) in [4.78, 5) is 11.0. The van der Waals surface area contributed by atoms with Gasteiger partial charge in [0.1, 0.15) is 6.29 Å². The Bertz CT molecular complexity index is 218. The minimum Gasteiger partial charge on any atom is -0.390 e. The summed E-state index contributed by atoms with van der Waals surface area (Å²) in [7, 11) is 0. The Morgan fingerprint density at radius 3 is 2.15 bits per heavy atom. The molecule has 0 aliphatic heterocycles. The Kier molecular flexibility index (Phi) is 2.31. The molecule has 0 heterocycles. The average molecular weight is 184 g/mol. The SMILES string of the molecule is CC(C)(C=O)C1(C)CCCC1(C)O. The first-order valence-corrected chi connectivity index (χ1v) is 4.96. The predicted molar refractivity (Wildman–Crippen MR) is 52.4 cm³/mol. The minimum atomic E-state index is -0.697. The second-order valence-electron chi connectivity index (χ2n) is 5.30. The lowest BCUT2D eigenvalue weighted by atomic mass is 9.60. The Morgan fingerprint density at radius 2 is 1.85 bits per heavy atom. The van der Waals surface area contributed by atoms with E-state index in [1.165, 1.54) is 0 Å². The molecule has 0 saturated heterocycles. The van der Waals surface area contributed by atoms with Crippen molar-refractivity contribution in [3.05, 3.63) is 0 Å². The first-order valence-electron chi connectivity index (χ1n) is 4.96. The van der Waals surface area contributed by atoms with Crippen LogP contribution in [0.5, 0.6) is 0 Å². The van der Waals surface area contributed by atoms with Crippen molar-refractivity contribution < 1.29 is 9.90 Å². The van der Waals surface area contributed by atoms with Crippen LogP contribution in [0.2, 0.25) is 0 Å². The van der Waals surface area contributed by atoms with Gasteiger partial charge in [0.15, 0.2) is 0 Å². The van der Waals surface area contributed by atoms with Crippen LogP contribution in [0, 0.1) is 10.8 Å². The molecule has 13 heavy (non-hydrogen) atoms. The van der Waals surface area contributed by atoms with Gasteiger partial charge in [-0.15, -0.1) is 0 Å². The quantitative estimate of drug-likeness (QED) is 0.668. The number of aliphatic hydroxyl groups is 1. The van der Waals surface area contributed by atoms with Crippen LogP contribution in [0.3, 0.4) is 0 Å². The molecule has 0 spiro atoms. The standard InChI is InChI=1S/C11H20O2/c1-9(2,8-12)10(3)6-5-7-11(10,4)13/h8,13H,5-7H2,1-4H3. The smallest absolute Gasteiger partial charge is 0.126 e. The lowest BCUT2D eigenvalue weighted by Gasteiger charge is -2.46. The molecule has 1 aliphatic rings. The lowest BCUT2D eigenvalue weighted by Crippen LogP contribution is -2.49. The summed E-state index contributed by atoms with van der Waals surface area (Å²) >= 11 is 0. The minimum absolute atomic E-state index is 0.276. The van der Waals surface area contributed by atoms with Gasteiger partial charge in [-0.1, -0.05) is 20.8 Å². The van der Waals surface area contributed by atoms with E-state index in [0.29, 0.717) is 0 Å². The zero-order chi connectivity index (χ0) is 10.3. The molecule has 1 saturated carbocycles. The number of carbonyl (C=O) groups is 1. The van der Waals surface area contributed by atoms with Crippen molar-refractivity contribution in [1.29, 1.82) is 0 Å². The molecule has 2 nitrogen and oxygen atoms in total. The van der Waals surface area contributed by atoms with Crippen LogP contribution in [-0.2, 0) is 4.79 Å². The molecule has 1 rings (SSSR count). The van der Waals surface area contributed by atoms with Crippen LogP contribution in [0.25, 0.3) is 0 Å². The van der Waals surface area contributed by atoms with Gasteiger partial charge >= 0.3 is 0 Å². The van der Waals surface area contributed by atoms with Crippen LogP contribution in [0.15, 0.2) is 0 Å². The van der Waals surface area contributed by atoms with Crippen molar-refractivity contribution in [2.24, 2.45) is 10.8 Å². The molecule has 2 heteroatoms. The topological polar surface area (TPSA) is 37.3 Å². The van der Waals surface area contributed by atoms with Gasteiger partial charge in [-0.25, -0.2) is 0 Å². The van der Waals surface area contributed by atoms with Crippen molar-refractivity contribution in [2.45, 2.75) is 52.6 Å². The van der Waals surface area contributed by atoms with E-state index in [-0.39, 0.29) is 5.41 Å². The zero-order valence-electron chi connectivity index (χ0n) is 9.05. The first kappa shape index (κ1) is 10.7. The lowest BCUT2D eigenvalue weighted by molar-refractivity contribution is -0.137. The molecule has 76 valence electrons. The van der Waals surface area contributed by atoms with E-state index < -0.39 is 11.0 Å². The fraction of sp³-hybridized carbons (Fsp3) is 0.909. The summed E-state index contributed by atoms with van der Waals surface area (Å²) in [6, 6.07) is 0. The van der Waals surface area contributed by atoms with Crippen molar-refractivity contribution in [2.75, 3.05) is 0 Å². The highest BCUT2D eigenvalue weighted by Gasteiger charge is 2.55. The van der Waals surface area contributed by atoms with E-state index in [2.05, 4.69) is 0 Å². The molecule has 0 radical (unpaired) electrons. The summed E-state index contributed by atoms with van der Waals surface area (Å²) in [5.74, 6) is 0. The van der Waals surface area contributed by atoms with Crippen LogP contribution in [0.4, 0.5) is 0 Å². The third-order valence-electron chi connectivity index (χ3n) is 4.25. The number of hydrogen-bond acceptors (Lipinski definition) is 2. The molecule has 2 atom stereocenters. The monoisotopic (exact) mass is 184 g/mol. The highest BCUT2D eigenvalue weighted by molar-refractivity contribution is 5.60. The Balaban J connectivity index is 3.06. The fourth-order valence-corrected chi connectivity index (χ4v) is 2.48. The molecule has 0 aromatic carbocycles. The maximum Gasteiger partial charge on any atom is 0.126 e. The Labute approximate surface area is 80.3 Å². The van der Waals surface area contributed by atoms with Crippen molar-refractivity contribution in [1.82, 2.24) is 0 Å². The highest BCUT2D eigenvalue weighted by atomic mass is 16.3. The third kappa shape index (κ3) is 1.32. The predicted octanol–water partition coefficient (Wildman–Crippen LogP) is 2.15. The van der Waals surface area contributed by atoms with Gasteiger partial charge in [-0.2, -0.15) is 0 Å². The van der Waals surface area contributed by atoms with E-state index in [4.69, 9.17) is 0 Å². The number of rotatable bonds is 2. The van der Waals surface area contributed by atoms with E-state index in [1.54, 1.807) is 0 Å². The summed E-state index contributed by atoms with van der Waals surface area (Å²) in [6.07, 6.45) is 3.74. The summed E-state index contributed by atoms with van der Waals surface area (Å²) in [5, 5.41) is 10.2. The molecule has 0 aromatic heterocycles. The van der Waals surface area contributed by atoms with E-state index in [9.17, 15) is 9.90 Å². The maximum atomic E-state index is 11.0. The highest BCUT2D eigenvalue weighted by Crippen LogP contribution is 2.55. The molecular formula is C11H20O2. The second-order valence-corrected chi connectivity index (χ2v) is 5.30. The van der Waals surface area contributed by atoms with Crippen molar-refractivity contribution in [3.63, 3.8) is 0 Å². The molecule has 2 unspecified atom stereocenters. The zero-order valence-corrected chi connectivity index (χ0v) is 9.05. The van der Waals surface area contributed by atoms with Gasteiger partial charge in [0, 0.05) is 10.8 Å². The number of carbonyl (C=O) groups excluding carboxylic acids is 1. The number of aldehydes is 1. The van der Waals surface area contributed by atoms with E-state index in [0.717, 1.165) is 25.5 Å². The Hall–Kier alpha value is -0.370. The maximum absolute atomic E-state index is 11.0. The second kappa shape index (κ2) is 2.81. The first-order chi connectivity index (χ1) is 5.77. The van der Waals surface area contributed by atoms with E-state index in [1.807, 2.05) is 27.7 Å². The van der Waals surface area contributed by atoms with E-state index >= 15 is 0 Å². The van der Waals surface area contributed by atoms with Crippen molar-refractivity contribution in [3.8, 4) is 0 Å². The summed E-state index contributed by atoms with van der Waals surface area (Å²) in [5.41, 5.74) is -1.41. The molecule has 1 N–H and O–H groups in total. The third-order valence-corrected chi connectivity index (χ3v) is 4.25. The van der Waals surface area contributed by atoms with Crippen LogP contribution >= 0.6 is 0 Å². The summed E-state index contributed by atoms with van der Waals surface area (Å²) in [6.45, 7) is 7.71. The molecular weight excluding hydrogens is 164 g/mol. The molecule has 1 fully saturated rings. The molecule has 1 aliphatic carbocycles. The number of hydrogen-bond donors (Lipinski definition) is 1. The average Bonchev–Trinajstić information content (AvgIpc) is 2.28. The Morgan fingerprint density at radius 1 is 1.31 bits per heavy atom. The molecule has 0 aromatic rings. The van der Waals surface area contributed by atoms with Crippen LogP contribution in [0.1, 0.15) is 47.0 Å². The van der Waals surface area contributed by atoms with Crippen LogP contribution < -0.4 is 0 Å². The van der Waals surface area contributed by atoms with Gasteiger partial charge in [-0.3, -0.25) is 0 Å². The summed E-state index contributed by atoms with van der Waals surface area (Å²) < 4.78 is 0. The van der Waals surface area contributed by atoms with Gasteiger partial charge in [0.2, 0.25) is 0 Å². The fourth-order valence-electron chi connectivity index (χ4n) is 2.48. The van der Waals surface area contributed by atoms with Crippen LogP contribution in [-0.4, -0.2) is 17.0 Å². The molecule has 0 bridgehead atoms. The van der Waals surface area contributed by atoms with Gasteiger partial charge < -0.3 is 9.90 Å². The van der Waals surface area contributed by atoms with Gasteiger partial charge in [0.05, 0.1) is 5.60 Å². The largest absolute Gasteiger partial charge is 0.390 e.